The van der Waals surface area contributed by atoms with E-state index in [1.54, 1.807) is 23.8 Å². The van der Waals surface area contributed by atoms with Crippen LogP contribution in [0, 0.1) is 0 Å². The van der Waals surface area contributed by atoms with Crippen LogP contribution < -0.4 is 5.56 Å². The van der Waals surface area contributed by atoms with Crippen molar-refractivity contribution in [2.45, 2.75) is 6.61 Å². The number of esters is 1. The summed E-state index contributed by atoms with van der Waals surface area (Å²) in [5.41, 5.74) is 0.576. The summed E-state index contributed by atoms with van der Waals surface area (Å²) in [6.45, 7) is -0.0425. The van der Waals surface area contributed by atoms with Crippen LogP contribution >= 0.6 is 27.3 Å². The highest BCUT2D eigenvalue weighted by atomic mass is 79.9. The Bertz CT molecular complexity index is 836. The molecule has 0 saturated carbocycles. The number of fused-ring (bicyclic) bond motifs is 1. The quantitative estimate of drug-likeness (QED) is 0.732. The van der Waals surface area contributed by atoms with Crippen molar-refractivity contribution in [3.05, 3.63) is 56.1 Å². The monoisotopic (exact) mass is 353 g/mol. The van der Waals surface area contributed by atoms with Crippen LogP contribution in [0.25, 0.3) is 4.96 Å². The fourth-order valence-electron chi connectivity index (χ4n) is 1.66. The van der Waals surface area contributed by atoms with Gasteiger partial charge in [0.15, 0.2) is 4.96 Å². The van der Waals surface area contributed by atoms with E-state index in [1.165, 1.54) is 21.8 Å². The predicted molar refractivity (Wildman–Crippen MR) is 77.0 cm³/mol. The number of hydrogen-bond acceptors (Lipinski definition) is 5. The molecule has 0 saturated heterocycles. The van der Waals surface area contributed by atoms with E-state index in [4.69, 9.17) is 4.74 Å². The minimum atomic E-state index is -0.496. The molecule has 20 heavy (non-hydrogen) atoms. The number of rotatable bonds is 3. The van der Waals surface area contributed by atoms with Gasteiger partial charge in [0.2, 0.25) is 0 Å². The van der Waals surface area contributed by atoms with Crippen LogP contribution in [0.15, 0.2) is 39.2 Å². The number of halogens is 1. The van der Waals surface area contributed by atoms with Gasteiger partial charge in [0.05, 0.1) is 5.69 Å². The van der Waals surface area contributed by atoms with Crippen molar-refractivity contribution in [3.8, 4) is 0 Å². The number of nitrogens with zero attached hydrogens (tertiary/aromatic N) is 2. The topological polar surface area (TPSA) is 76.5 Å². The lowest BCUT2D eigenvalue weighted by atomic mass is 10.4. The molecule has 3 rings (SSSR count). The molecule has 0 fully saturated rings. The Hall–Kier alpha value is -1.93. The molecule has 6 nitrogen and oxygen atoms in total. The van der Waals surface area contributed by atoms with Crippen molar-refractivity contribution in [1.29, 1.82) is 0 Å². The molecule has 0 radical (unpaired) electrons. The summed E-state index contributed by atoms with van der Waals surface area (Å²) in [4.78, 5) is 31.1. The number of hydrogen-bond donors (Lipinski definition) is 1. The van der Waals surface area contributed by atoms with E-state index >= 15 is 0 Å². The highest BCUT2D eigenvalue weighted by molar-refractivity contribution is 9.10. The molecule has 0 aliphatic rings. The minimum absolute atomic E-state index is 0.0425. The fourth-order valence-corrected chi connectivity index (χ4v) is 2.75. The van der Waals surface area contributed by atoms with E-state index in [2.05, 4.69) is 25.9 Å². The first-order valence-electron chi connectivity index (χ1n) is 5.60. The maximum atomic E-state index is 11.8. The number of nitrogens with one attached hydrogen (secondary N) is 1. The summed E-state index contributed by atoms with van der Waals surface area (Å²) in [6.07, 6.45) is 3.29. The van der Waals surface area contributed by atoms with Crippen molar-refractivity contribution in [1.82, 2.24) is 14.4 Å². The lowest BCUT2D eigenvalue weighted by Crippen LogP contribution is -2.14. The van der Waals surface area contributed by atoms with E-state index in [1.807, 2.05) is 0 Å². The molecule has 3 aromatic heterocycles. The summed E-state index contributed by atoms with van der Waals surface area (Å²) in [5, 5.41) is 1.77. The fraction of sp³-hybridized carbons (Fsp3) is 0.0833. The van der Waals surface area contributed by atoms with Crippen molar-refractivity contribution in [2.24, 2.45) is 0 Å². The molecule has 0 aliphatic heterocycles. The zero-order valence-electron chi connectivity index (χ0n) is 10.00. The number of H-pyrrole nitrogens is 1. The average Bonchev–Trinajstić information content (AvgIpc) is 3.04. The molecule has 1 N–H and O–H groups in total. The van der Waals surface area contributed by atoms with Gasteiger partial charge in [-0.2, -0.15) is 0 Å². The molecule has 0 spiro atoms. The lowest BCUT2D eigenvalue weighted by molar-refractivity contribution is 0.0461. The van der Waals surface area contributed by atoms with Crippen LogP contribution in [0.3, 0.4) is 0 Å². The van der Waals surface area contributed by atoms with Crippen LogP contribution in [-0.2, 0) is 11.3 Å². The minimum Gasteiger partial charge on any atom is -0.455 e. The van der Waals surface area contributed by atoms with E-state index in [0.717, 1.165) is 4.47 Å². The average molecular weight is 354 g/mol. The Labute approximate surface area is 125 Å². The van der Waals surface area contributed by atoms with Gasteiger partial charge in [-0.3, -0.25) is 9.20 Å². The SMILES string of the molecule is O=C(OCc1cc(=O)n2ccsc2n1)c1cc(Br)c[nH]1. The maximum Gasteiger partial charge on any atom is 0.355 e. The van der Waals surface area contributed by atoms with Gasteiger partial charge in [0, 0.05) is 28.3 Å². The van der Waals surface area contributed by atoms with Crippen LogP contribution in [0.5, 0.6) is 0 Å². The zero-order valence-corrected chi connectivity index (χ0v) is 12.4. The Balaban J connectivity index is 1.76. The summed E-state index contributed by atoms with van der Waals surface area (Å²) in [5.74, 6) is -0.496. The van der Waals surface area contributed by atoms with Crippen molar-refractivity contribution in [2.75, 3.05) is 0 Å². The Kier molecular flexibility index (Phi) is 3.41. The molecule has 0 amide bonds. The van der Waals surface area contributed by atoms with Crippen LogP contribution in [0.2, 0.25) is 0 Å². The highest BCUT2D eigenvalue weighted by Gasteiger charge is 2.11. The molecule has 0 unspecified atom stereocenters. The lowest BCUT2D eigenvalue weighted by Gasteiger charge is -2.03. The second-order valence-electron chi connectivity index (χ2n) is 3.95. The molecule has 0 bridgehead atoms. The van der Waals surface area contributed by atoms with Gasteiger partial charge in [-0.15, -0.1) is 11.3 Å². The molecule has 0 atom stereocenters. The third-order valence-electron chi connectivity index (χ3n) is 2.58. The van der Waals surface area contributed by atoms with Gasteiger partial charge in [0.25, 0.3) is 5.56 Å². The number of carbonyl (C=O) groups is 1. The molecule has 0 aliphatic carbocycles. The number of aromatic nitrogens is 3. The number of aromatic amines is 1. The number of thiazole rings is 1. The second-order valence-corrected chi connectivity index (χ2v) is 5.74. The zero-order chi connectivity index (χ0) is 14.1. The predicted octanol–water partition coefficient (Wildman–Crippen LogP) is 2.20. The van der Waals surface area contributed by atoms with E-state index in [0.29, 0.717) is 16.3 Å². The Morgan fingerprint density at radius 3 is 3.10 bits per heavy atom. The number of carbonyl (C=O) groups excluding carboxylic acids is 1. The van der Waals surface area contributed by atoms with Crippen molar-refractivity contribution < 1.29 is 9.53 Å². The third-order valence-corrected chi connectivity index (χ3v) is 3.79. The molecular formula is C12H8BrN3O3S. The van der Waals surface area contributed by atoms with Gasteiger partial charge >= 0.3 is 5.97 Å². The first-order chi connectivity index (χ1) is 9.63. The molecule has 0 aromatic carbocycles. The van der Waals surface area contributed by atoms with Crippen LogP contribution in [-0.4, -0.2) is 20.3 Å². The Morgan fingerprint density at radius 1 is 1.50 bits per heavy atom. The number of ether oxygens (including phenoxy) is 1. The van der Waals surface area contributed by atoms with Gasteiger partial charge in [-0.25, -0.2) is 9.78 Å². The van der Waals surface area contributed by atoms with E-state index in [9.17, 15) is 9.59 Å². The molecule has 3 aromatic rings. The summed E-state index contributed by atoms with van der Waals surface area (Å²) < 4.78 is 7.32. The standard InChI is InChI=1S/C12H8BrN3O3S/c13-7-3-9(14-5-7)11(18)19-6-8-4-10(17)16-1-2-20-12(16)15-8/h1-5,14H,6H2. The van der Waals surface area contributed by atoms with Crippen LogP contribution in [0.4, 0.5) is 0 Å². The van der Waals surface area contributed by atoms with Crippen LogP contribution in [0.1, 0.15) is 16.2 Å². The van der Waals surface area contributed by atoms with Crippen molar-refractivity contribution >= 4 is 38.2 Å². The van der Waals surface area contributed by atoms with Gasteiger partial charge in [-0.1, -0.05) is 0 Å². The molecular weight excluding hydrogens is 346 g/mol. The summed E-state index contributed by atoms with van der Waals surface area (Å²) >= 11 is 4.58. The molecule has 102 valence electrons. The maximum absolute atomic E-state index is 11.8. The van der Waals surface area contributed by atoms with E-state index < -0.39 is 5.97 Å². The first kappa shape index (κ1) is 13.1. The molecule has 8 heteroatoms. The molecule has 3 heterocycles. The highest BCUT2D eigenvalue weighted by Crippen LogP contribution is 2.12. The summed E-state index contributed by atoms with van der Waals surface area (Å²) in [7, 11) is 0. The largest absolute Gasteiger partial charge is 0.455 e. The van der Waals surface area contributed by atoms with Gasteiger partial charge < -0.3 is 9.72 Å². The first-order valence-corrected chi connectivity index (χ1v) is 7.27. The third kappa shape index (κ3) is 2.52. The normalized spacial score (nSPS) is 10.8. The van der Waals surface area contributed by atoms with E-state index in [-0.39, 0.29) is 12.2 Å². The van der Waals surface area contributed by atoms with Gasteiger partial charge in [-0.05, 0) is 22.0 Å². The Morgan fingerprint density at radius 2 is 2.35 bits per heavy atom. The van der Waals surface area contributed by atoms with Crippen molar-refractivity contribution in [3.63, 3.8) is 0 Å². The van der Waals surface area contributed by atoms with Gasteiger partial charge in [0.1, 0.15) is 12.3 Å². The smallest absolute Gasteiger partial charge is 0.355 e. The summed E-state index contributed by atoms with van der Waals surface area (Å²) in [6, 6.07) is 2.98. The second kappa shape index (κ2) is 5.22.